The van der Waals surface area contributed by atoms with Crippen LogP contribution in [0.1, 0.15) is 0 Å². The molecule has 0 aromatic rings. The van der Waals surface area contributed by atoms with E-state index < -0.39 is 5.97 Å². The highest BCUT2D eigenvalue weighted by molar-refractivity contribution is 5.70. The van der Waals surface area contributed by atoms with E-state index in [0.29, 0.717) is 0 Å². The van der Waals surface area contributed by atoms with E-state index in [1.54, 1.807) is 0 Å². The minimum Gasteiger partial charge on any atom is -0.675 e. The SMILES string of the molecule is COCC(=O)OCC[NH-]. The Morgan fingerprint density at radius 1 is 1.67 bits per heavy atom. The molecule has 0 bridgehead atoms. The van der Waals surface area contributed by atoms with Crippen LogP contribution in [-0.4, -0.2) is 32.8 Å². The Morgan fingerprint density at radius 3 is 2.78 bits per heavy atom. The van der Waals surface area contributed by atoms with Crippen molar-refractivity contribution in [3.05, 3.63) is 5.73 Å². The third-order valence-corrected chi connectivity index (χ3v) is 0.627. The van der Waals surface area contributed by atoms with E-state index in [1.807, 2.05) is 0 Å². The zero-order chi connectivity index (χ0) is 7.11. The Labute approximate surface area is 53.9 Å². The molecule has 0 spiro atoms. The van der Waals surface area contributed by atoms with Crippen LogP contribution in [-0.2, 0) is 14.3 Å². The molecular weight excluding hydrogens is 122 g/mol. The minimum atomic E-state index is -0.412. The Balaban J connectivity index is 3.06. The number of nitrogens with one attached hydrogen (secondary N) is 1. The Bertz CT molecular complexity index is 84.3. The van der Waals surface area contributed by atoms with Gasteiger partial charge in [0.15, 0.2) is 0 Å². The van der Waals surface area contributed by atoms with Gasteiger partial charge < -0.3 is 15.2 Å². The maximum Gasteiger partial charge on any atom is 0.331 e. The van der Waals surface area contributed by atoms with Crippen molar-refractivity contribution < 1.29 is 14.3 Å². The average molecular weight is 132 g/mol. The van der Waals surface area contributed by atoms with Crippen LogP contribution in [0.25, 0.3) is 5.73 Å². The first-order chi connectivity index (χ1) is 4.31. The molecule has 54 valence electrons. The standard InChI is InChI=1S/C5H10NO3/c1-8-4-5(7)9-3-2-6/h6H,2-4H2,1H3/q-1. The van der Waals surface area contributed by atoms with Crippen LogP contribution in [0.4, 0.5) is 0 Å². The molecule has 9 heavy (non-hydrogen) atoms. The lowest BCUT2D eigenvalue weighted by atomic mass is 10.7. The highest BCUT2D eigenvalue weighted by Crippen LogP contribution is 1.78. The van der Waals surface area contributed by atoms with Gasteiger partial charge in [0.2, 0.25) is 0 Å². The molecule has 1 N–H and O–H groups in total. The predicted octanol–water partition coefficient (Wildman–Crippen LogP) is 0.228. The minimum absolute atomic E-state index is 0.0278. The van der Waals surface area contributed by atoms with Gasteiger partial charge >= 0.3 is 5.97 Å². The highest BCUT2D eigenvalue weighted by Gasteiger charge is 1.96. The van der Waals surface area contributed by atoms with Gasteiger partial charge in [-0.25, -0.2) is 4.79 Å². The Hall–Kier alpha value is -0.610. The molecule has 4 heteroatoms. The fourth-order valence-corrected chi connectivity index (χ4v) is 0.324. The summed E-state index contributed by atoms with van der Waals surface area (Å²) >= 11 is 0. The average Bonchev–Trinajstić information content (AvgIpc) is 1.85. The maximum atomic E-state index is 10.4. The van der Waals surface area contributed by atoms with E-state index in [2.05, 4.69) is 9.47 Å². The van der Waals surface area contributed by atoms with Gasteiger partial charge in [0.1, 0.15) is 6.61 Å². The summed E-state index contributed by atoms with van der Waals surface area (Å²) in [6.07, 6.45) is 0. The van der Waals surface area contributed by atoms with Gasteiger partial charge in [0, 0.05) is 7.11 Å². The molecule has 0 fully saturated rings. The van der Waals surface area contributed by atoms with Gasteiger partial charge in [0.25, 0.3) is 0 Å². The Morgan fingerprint density at radius 2 is 2.33 bits per heavy atom. The second-order valence-electron chi connectivity index (χ2n) is 1.40. The van der Waals surface area contributed by atoms with Gasteiger partial charge in [-0.2, -0.15) is 0 Å². The van der Waals surface area contributed by atoms with E-state index in [4.69, 9.17) is 5.73 Å². The molecule has 0 aliphatic heterocycles. The molecule has 4 nitrogen and oxygen atoms in total. The van der Waals surface area contributed by atoms with Gasteiger partial charge in [-0.1, -0.05) is 0 Å². The molecule has 0 saturated carbocycles. The molecule has 0 aliphatic rings. The lowest BCUT2D eigenvalue weighted by Crippen LogP contribution is -2.12. The molecule has 0 amide bonds. The summed E-state index contributed by atoms with van der Waals surface area (Å²) in [5.41, 5.74) is 6.61. The second-order valence-corrected chi connectivity index (χ2v) is 1.40. The normalized spacial score (nSPS) is 9.11. The third-order valence-electron chi connectivity index (χ3n) is 0.627. The first-order valence-electron chi connectivity index (χ1n) is 2.60. The molecule has 0 rings (SSSR count). The van der Waals surface area contributed by atoms with Crippen LogP contribution in [0.15, 0.2) is 0 Å². The first kappa shape index (κ1) is 8.39. The summed E-state index contributed by atoms with van der Waals surface area (Å²) in [7, 11) is 1.42. The molecule has 0 unspecified atom stereocenters. The summed E-state index contributed by atoms with van der Waals surface area (Å²) in [5, 5.41) is 0. The molecule has 0 saturated heterocycles. The van der Waals surface area contributed by atoms with Crippen molar-refractivity contribution in [2.45, 2.75) is 0 Å². The molecule has 0 aliphatic carbocycles. The van der Waals surface area contributed by atoms with E-state index in [-0.39, 0.29) is 19.8 Å². The summed E-state index contributed by atoms with van der Waals surface area (Å²) in [5.74, 6) is -0.412. The van der Waals surface area contributed by atoms with Crippen LogP contribution < -0.4 is 0 Å². The van der Waals surface area contributed by atoms with E-state index in [9.17, 15) is 4.79 Å². The summed E-state index contributed by atoms with van der Waals surface area (Å²) < 4.78 is 8.95. The zero-order valence-corrected chi connectivity index (χ0v) is 5.35. The number of rotatable bonds is 4. The predicted molar refractivity (Wildman–Crippen MR) is 32.0 cm³/mol. The van der Waals surface area contributed by atoms with Gasteiger partial charge in [-0.15, -0.1) is 6.54 Å². The van der Waals surface area contributed by atoms with Crippen molar-refractivity contribution in [2.75, 3.05) is 26.9 Å². The van der Waals surface area contributed by atoms with Gasteiger partial charge in [-0.05, 0) is 0 Å². The second kappa shape index (κ2) is 5.53. The highest BCUT2D eigenvalue weighted by atomic mass is 16.6. The molecule has 0 aromatic carbocycles. The number of ether oxygens (including phenoxy) is 2. The molecule has 0 heterocycles. The summed E-state index contributed by atoms with van der Waals surface area (Å²) in [6, 6.07) is 0. The van der Waals surface area contributed by atoms with Crippen molar-refractivity contribution in [3.63, 3.8) is 0 Å². The topological polar surface area (TPSA) is 59.3 Å². The van der Waals surface area contributed by atoms with Crippen molar-refractivity contribution >= 4 is 5.97 Å². The van der Waals surface area contributed by atoms with Crippen molar-refractivity contribution in [1.82, 2.24) is 0 Å². The van der Waals surface area contributed by atoms with Crippen LogP contribution in [0, 0.1) is 0 Å². The fourth-order valence-electron chi connectivity index (χ4n) is 0.324. The van der Waals surface area contributed by atoms with E-state index in [0.717, 1.165) is 0 Å². The quantitative estimate of drug-likeness (QED) is 0.514. The van der Waals surface area contributed by atoms with E-state index in [1.165, 1.54) is 7.11 Å². The number of carbonyl (C=O) groups excluding carboxylic acids is 1. The van der Waals surface area contributed by atoms with Gasteiger partial charge in [-0.3, -0.25) is 0 Å². The number of methoxy groups -OCH3 is 1. The lowest BCUT2D eigenvalue weighted by molar-refractivity contribution is -0.147. The summed E-state index contributed by atoms with van der Waals surface area (Å²) in [4.78, 5) is 10.4. The smallest absolute Gasteiger partial charge is 0.331 e. The first-order valence-corrected chi connectivity index (χ1v) is 2.60. The third kappa shape index (κ3) is 5.26. The fraction of sp³-hybridized carbons (Fsp3) is 0.800. The molecule has 0 radical (unpaired) electrons. The van der Waals surface area contributed by atoms with Crippen molar-refractivity contribution in [1.29, 1.82) is 0 Å². The van der Waals surface area contributed by atoms with E-state index >= 15 is 0 Å². The largest absolute Gasteiger partial charge is 0.675 e. The number of esters is 1. The number of hydrogen-bond donors (Lipinski definition) is 0. The molecule has 0 atom stereocenters. The van der Waals surface area contributed by atoms with Crippen LogP contribution in [0.2, 0.25) is 0 Å². The van der Waals surface area contributed by atoms with Gasteiger partial charge in [0.05, 0.1) is 6.61 Å². The van der Waals surface area contributed by atoms with Crippen LogP contribution in [0.3, 0.4) is 0 Å². The number of hydrogen-bond acceptors (Lipinski definition) is 3. The zero-order valence-electron chi connectivity index (χ0n) is 5.35. The van der Waals surface area contributed by atoms with Crippen molar-refractivity contribution in [2.24, 2.45) is 0 Å². The summed E-state index contributed by atoms with van der Waals surface area (Å²) in [6.45, 7) is 0.234. The van der Waals surface area contributed by atoms with Crippen LogP contribution >= 0.6 is 0 Å². The van der Waals surface area contributed by atoms with Crippen molar-refractivity contribution in [3.8, 4) is 0 Å². The molecule has 0 aromatic heterocycles. The monoisotopic (exact) mass is 132 g/mol. The number of carbonyl (C=O) groups is 1. The maximum absolute atomic E-state index is 10.4. The Kier molecular flexibility index (Phi) is 5.15. The lowest BCUT2D eigenvalue weighted by Gasteiger charge is -2.03. The molecular formula is C5H10NO3-. The van der Waals surface area contributed by atoms with Crippen LogP contribution in [0.5, 0.6) is 0 Å².